The molecule has 0 unspecified atom stereocenters. The number of aliphatic hydroxyl groups is 1. The topological polar surface area (TPSA) is 83.4 Å². The number of benzene rings is 4. The fraction of sp³-hybridized carbons (Fsp3) is 0.278. The van der Waals surface area contributed by atoms with Crippen molar-refractivity contribution in [3.05, 3.63) is 126 Å². The highest BCUT2D eigenvalue weighted by atomic mass is 16.5. The van der Waals surface area contributed by atoms with Crippen LogP contribution in [0.15, 0.2) is 114 Å². The van der Waals surface area contributed by atoms with E-state index in [1.54, 1.807) is 0 Å². The van der Waals surface area contributed by atoms with Gasteiger partial charge in [-0.15, -0.1) is 0 Å². The van der Waals surface area contributed by atoms with E-state index >= 15 is 0 Å². The molecule has 2 aliphatic rings. The molecule has 6 rings (SSSR count). The van der Waals surface area contributed by atoms with Gasteiger partial charge in [-0.2, -0.15) is 0 Å². The van der Waals surface area contributed by atoms with Gasteiger partial charge in [-0.1, -0.05) is 84.9 Å². The van der Waals surface area contributed by atoms with Crippen LogP contribution in [0.1, 0.15) is 42.1 Å². The van der Waals surface area contributed by atoms with Gasteiger partial charge in [0, 0.05) is 38.1 Å². The standard InChI is InChI=1S/C36H37N3O4/c40-24-9-25-42-32-20-18-31(19-21-32)34-37-36(26-27-10-3-1-4-11-27,35(41)38-39-22-7-8-23-39)33(43-34)30-16-14-29(15-17-30)28-12-5-2-6-13-28/h1-6,10-21,33,40H,7-9,22-26H2,(H,38,41)/t33-,36-/m0/s1. The van der Waals surface area contributed by atoms with Crippen molar-refractivity contribution in [2.45, 2.75) is 37.3 Å². The zero-order valence-corrected chi connectivity index (χ0v) is 24.2. The number of aliphatic imine (C=N–C) groups is 1. The molecule has 0 bridgehead atoms. The average Bonchev–Trinajstić information content (AvgIpc) is 3.71. The first-order valence-corrected chi connectivity index (χ1v) is 15.0. The highest BCUT2D eigenvalue weighted by Gasteiger charge is 2.53. The Kier molecular flexibility index (Phi) is 8.82. The molecule has 2 aliphatic heterocycles. The number of amides is 1. The first kappa shape index (κ1) is 28.6. The van der Waals surface area contributed by atoms with E-state index in [1.165, 1.54) is 0 Å². The summed E-state index contributed by atoms with van der Waals surface area (Å²) in [5, 5.41) is 11.1. The molecule has 220 valence electrons. The lowest BCUT2D eigenvalue weighted by molar-refractivity contribution is -0.133. The van der Waals surface area contributed by atoms with Gasteiger partial charge >= 0.3 is 0 Å². The van der Waals surface area contributed by atoms with Crippen LogP contribution in [0.3, 0.4) is 0 Å². The Morgan fingerprint density at radius 2 is 1.49 bits per heavy atom. The molecule has 7 heteroatoms. The molecule has 4 aromatic carbocycles. The summed E-state index contributed by atoms with van der Waals surface area (Å²) in [7, 11) is 0. The number of carbonyl (C=O) groups is 1. The molecule has 0 saturated carbocycles. The van der Waals surface area contributed by atoms with Crippen LogP contribution in [0.25, 0.3) is 11.1 Å². The fourth-order valence-corrected chi connectivity index (χ4v) is 5.74. The minimum absolute atomic E-state index is 0.0828. The van der Waals surface area contributed by atoms with Gasteiger partial charge in [0.05, 0.1) is 6.61 Å². The van der Waals surface area contributed by atoms with E-state index in [0.29, 0.717) is 31.1 Å². The van der Waals surface area contributed by atoms with Crippen LogP contribution < -0.4 is 10.2 Å². The van der Waals surface area contributed by atoms with Crippen LogP contribution in [-0.2, 0) is 16.0 Å². The predicted molar refractivity (Wildman–Crippen MR) is 168 cm³/mol. The lowest BCUT2D eigenvalue weighted by Crippen LogP contribution is -2.54. The van der Waals surface area contributed by atoms with Crippen molar-refractivity contribution in [2.75, 3.05) is 26.3 Å². The van der Waals surface area contributed by atoms with Crippen LogP contribution in [-0.4, -0.2) is 53.8 Å². The minimum atomic E-state index is -1.23. The predicted octanol–water partition coefficient (Wildman–Crippen LogP) is 5.74. The molecular formula is C36H37N3O4. The number of hydrogen-bond acceptors (Lipinski definition) is 6. The summed E-state index contributed by atoms with van der Waals surface area (Å²) in [5.74, 6) is 0.951. The molecule has 2 heterocycles. The van der Waals surface area contributed by atoms with E-state index in [1.807, 2.05) is 89.9 Å². The van der Waals surface area contributed by atoms with Crippen molar-refractivity contribution >= 4 is 11.8 Å². The molecule has 4 aromatic rings. The van der Waals surface area contributed by atoms with Gasteiger partial charge in [0.25, 0.3) is 5.91 Å². The Morgan fingerprint density at radius 3 is 2.16 bits per heavy atom. The normalized spacial score (nSPS) is 19.9. The quantitative estimate of drug-likeness (QED) is 0.223. The maximum Gasteiger partial charge on any atom is 0.266 e. The molecule has 2 atom stereocenters. The van der Waals surface area contributed by atoms with Gasteiger partial charge in [-0.05, 0) is 59.4 Å². The highest BCUT2D eigenvalue weighted by Crippen LogP contribution is 2.43. The van der Waals surface area contributed by atoms with Gasteiger partial charge in [0.2, 0.25) is 5.90 Å². The van der Waals surface area contributed by atoms with Crippen LogP contribution in [0, 0.1) is 0 Å². The first-order valence-electron chi connectivity index (χ1n) is 15.0. The molecule has 1 fully saturated rings. The van der Waals surface area contributed by atoms with Crippen LogP contribution in [0.4, 0.5) is 0 Å². The van der Waals surface area contributed by atoms with E-state index < -0.39 is 11.6 Å². The maximum absolute atomic E-state index is 14.4. The van der Waals surface area contributed by atoms with Crippen LogP contribution >= 0.6 is 0 Å². The van der Waals surface area contributed by atoms with Crippen molar-refractivity contribution in [1.82, 2.24) is 10.4 Å². The second-order valence-corrected chi connectivity index (χ2v) is 11.1. The lowest BCUT2D eigenvalue weighted by Gasteiger charge is -2.32. The molecule has 1 saturated heterocycles. The third-order valence-corrected chi connectivity index (χ3v) is 8.03. The van der Waals surface area contributed by atoms with Crippen molar-refractivity contribution in [1.29, 1.82) is 0 Å². The summed E-state index contributed by atoms with van der Waals surface area (Å²) < 4.78 is 12.4. The summed E-state index contributed by atoms with van der Waals surface area (Å²) >= 11 is 0. The number of hydrogen-bond donors (Lipinski definition) is 2. The van der Waals surface area contributed by atoms with Crippen molar-refractivity contribution in [2.24, 2.45) is 4.99 Å². The molecule has 0 radical (unpaired) electrons. The monoisotopic (exact) mass is 575 g/mol. The third kappa shape index (κ3) is 6.48. The summed E-state index contributed by atoms with van der Waals surface area (Å²) in [6.07, 6.45) is 2.40. The molecule has 0 spiro atoms. The number of hydrazine groups is 1. The summed E-state index contributed by atoms with van der Waals surface area (Å²) in [5.41, 5.74) is 6.84. The Morgan fingerprint density at radius 1 is 0.860 bits per heavy atom. The largest absolute Gasteiger partial charge is 0.494 e. The van der Waals surface area contributed by atoms with Gasteiger partial charge < -0.3 is 14.6 Å². The molecule has 43 heavy (non-hydrogen) atoms. The van der Waals surface area contributed by atoms with Gasteiger partial charge in [-0.25, -0.2) is 10.0 Å². The fourth-order valence-electron chi connectivity index (χ4n) is 5.74. The van der Waals surface area contributed by atoms with Crippen LogP contribution in [0.5, 0.6) is 5.75 Å². The number of carbonyl (C=O) groups excluding carboxylic acids is 1. The van der Waals surface area contributed by atoms with Crippen LogP contribution in [0.2, 0.25) is 0 Å². The molecule has 7 nitrogen and oxygen atoms in total. The minimum Gasteiger partial charge on any atom is -0.494 e. The first-order chi connectivity index (χ1) is 21.1. The number of ether oxygens (including phenoxy) is 2. The summed E-state index contributed by atoms with van der Waals surface area (Å²) in [4.78, 5) is 19.5. The number of nitrogens with one attached hydrogen (secondary N) is 1. The molecular weight excluding hydrogens is 538 g/mol. The summed E-state index contributed by atoms with van der Waals surface area (Å²) in [6, 6.07) is 36.0. The molecule has 0 aliphatic carbocycles. The van der Waals surface area contributed by atoms with Gasteiger partial charge in [-0.3, -0.25) is 10.2 Å². The Balaban J connectivity index is 1.39. The van der Waals surface area contributed by atoms with Crippen molar-refractivity contribution in [3.8, 4) is 16.9 Å². The molecule has 0 aromatic heterocycles. The van der Waals surface area contributed by atoms with E-state index in [-0.39, 0.29) is 12.5 Å². The van der Waals surface area contributed by atoms with Gasteiger partial charge in [0.15, 0.2) is 11.6 Å². The van der Waals surface area contributed by atoms with Crippen molar-refractivity contribution < 1.29 is 19.4 Å². The summed E-state index contributed by atoms with van der Waals surface area (Å²) in [6.45, 7) is 2.15. The second-order valence-electron chi connectivity index (χ2n) is 11.1. The van der Waals surface area contributed by atoms with E-state index in [2.05, 4.69) is 29.7 Å². The molecule has 1 amide bonds. The zero-order valence-electron chi connectivity index (χ0n) is 24.2. The Bertz CT molecular complexity index is 1520. The van der Waals surface area contributed by atoms with E-state index in [4.69, 9.17) is 19.6 Å². The number of nitrogens with zero attached hydrogens (tertiary/aromatic N) is 2. The van der Waals surface area contributed by atoms with Crippen molar-refractivity contribution in [3.63, 3.8) is 0 Å². The number of aliphatic hydroxyl groups excluding tert-OH is 1. The second kappa shape index (κ2) is 13.2. The number of rotatable bonds is 11. The highest BCUT2D eigenvalue weighted by molar-refractivity contribution is 6.01. The zero-order chi connectivity index (χ0) is 29.5. The smallest absolute Gasteiger partial charge is 0.266 e. The van der Waals surface area contributed by atoms with E-state index in [0.717, 1.165) is 53.7 Å². The van der Waals surface area contributed by atoms with E-state index in [9.17, 15) is 4.79 Å². The molecule has 2 N–H and O–H groups in total. The average molecular weight is 576 g/mol. The third-order valence-electron chi connectivity index (χ3n) is 8.03. The maximum atomic E-state index is 14.4. The Labute approximate surface area is 252 Å². The Hall–Kier alpha value is -4.46. The van der Waals surface area contributed by atoms with Gasteiger partial charge in [0.1, 0.15) is 5.75 Å². The SMILES string of the molecule is O=C(NN1CCCC1)[C@@]1(Cc2ccccc2)N=C(c2ccc(OCCCO)cc2)O[C@H]1c1ccc(-c2ccccc2)cc1. The lowest BCUT2D eigenvalue weighted by atomic mass is 9.82.